The first-order valence-corrected chi connectivity index (χ1v) is 4.67. The zero-order valence-electron chi connectivity index (χ0n) is 7.18. The van der Waals surface area contributed by atoms with Gasteiger partial charge in [0.2, 0.25) is 0 Å². The van der Waals surface area contributed by atoms with Crippen LogP contribution in [0.1, 0.15) is 38.5 Å². The van der Waals surface area contributed by atoms with Gasteiger partial charge in [0, 0.05) is 6.42 Å². The number of hydrogen-bond donors (Lipinski definition) is 1. The van der Waals surface area contributed by atoms with Crippen LogP contribution >= 0.6 is 0 Å². The average Bonchev–Trinajstić information content (AvgIpc) is 2.06. The van der Waals surface area contributed by atoms with E-state index < -0.39 is 5.60 Å². The van der Waals surface area contributed by atoms with E-state index in [1.807, 2.05) is 0 Å². The van der Waals surface area contributed by atoms with E-state index in [2.05, 4.69) is 0 Å². The second-order valence-corrected chi connectivity index (χ2v) is 3.87. The minimum Gasteiger partial charge on any atom is -0.385 e. The van der Waals surface area contributed by atoms with Crippen LogP contribution in [0.2, 0.25) is 0 Å². The summed E-state index contributed by atoms with van der Waals surface area (Å²) in [5, 5.41) is 10.1. The predicted octanol–water partition coefficient (Wildman–Crippen LogP) is 1.58. The van der Waals surface area contributed by atoms with Gasteiger partial charge in [-0.15, -0.1) is 0 Å². The third-order valence-corrected chi connectivity index (χ3v) is 3.00. The summed E-state index contributed by atoms with van der Waals surface area (Å²) in [6.07, 6.45) is 6.85. The molecule has 2 rings (SSSR count). The number of ketones is 1. The topological polar surface area (TPSA) is 37.3 Å². The second kappa shape index (κ2) is 2.70. The monoisotopic (exact) mass is 166 g/mol. The Morgan fingerprint density at radius 3 is 2.92 bits per heavy atom. The normalized spacial score (nSPS) is 35.8. The average molecular weight is 166 g/mol. The molecule has 0 aromatic carbocycles. The predicted molar refractivity (Wildman–Crippen MR) is 45.7 cm³/mol. The highest BCUT2D eigenvalue weighted by Crippen LogP contribution is 2.39. The minimum absolute atomic E-state index is 0.191. The van der Waals surface area contributed by atoms with Gasteiger partial charge in [0.05, 0.1) is 5.60 Å². The van der Waals surface area contributed by atoms with Crippen LogP contribution in [0.15, 0.2) is 11.6 Å². The van der Waals surface area contributed by atoms with E-state index >= 15 is 0 Å². The van der Waals surface area contributed by atoms with Crippen molar-refractivity contribution in [2.75, 3.05) is 0 Å². The summed E-state index contributed by atoms with van der Waals surface area (Å²) in [5.74, 6) is 0.191. The van der Waals surface area contributed by atoms with Gasteiger partial charge in [-0.05, 0) is 43.8 Å². The summed E-state index contributed by atoms with van der Waals surface area (Å²) in [4.78, 5) is 11.1. The highest BCUT2D eigenvalue weighted by molar-refractivity contribution is 5.91. The Labute approximate surface area is 72.3 Å². The quantitative estimate of drug-likeness (QED) is 0.593. The van der Waals surface area contributed by atoms with Gasteiger partial charge in [0.1, 0.15) is 0 Å². The fraction of sp³-hybridized carbons (Fsp3) is 0.700. The van der Waals surface area contributed by atoms with E-state index in [-0.39, 0.29) is 5.78 Å². The molecule has 0 unspecified atom stereocenters. The standard InChI is InChI=1S/C10H14O2/c11-9-4-6-10(12)5-2-1-3-8(10)7-9/h7,12H,1-6H2/t10-/m1/s1. The zero-order valence-corrected chi connectivity index (χ0v) is 7.18. The fourth-order valence-corrected chi connectivity index (χ4v) is 2.21. The Balaban J connectivity index is 2.29. The van der Waals surface area contributed by atoms with Gasteiger partial charge in [0.15, 0.2) is 5.78 Å². The number of fused-ring (bicyclic) bond motifs is 1. The Bertz CT molecular complexity index is 242. The Hall–Kier alpha value is -0.630. The van der Waals surface area contributed by atoms with Crippen LogP contribution in [0.25, 0.3) is 0 Å². The molecular weight excluding hydrogens is 152 g/mol. The van der Waals surface area contributed by atoms with Crippen LogP contribution < -0.4 is 0 Å². The van der Waals surface area contributed by atoms with Gasteiger partial charge in [0.25, 0.3) is 0 Å². The van der Waals surface area contributed by atoms with Crippen molar-refractivity contribution < 1.29 is 9.90 Å². The van der Waals surface area contributed by atoms with Gasteiger partial charge in [-0.2, -0.15) is 0 Å². The molecular formula is C10H14O2. The van der Waals surface area contributed by atoms with Crippen LogP contribution in [0.4, 0.5) is 0 Å². The summed E-state index contributed by atoms with van der Waals surface area (Å²) in [6, 6.07) is 0. The van der Waals surface area contributed by atoms with Crippen molar-refractivity contribution in [1.29, 1.82) is 0 Å². The maximum absolute atomic E-state index is 11.1. The maximum Gasteiger partial charge on any atom is 0.155 e. The smallest absolute Gasteiger partial charge is 0.155 e. The Morgan fingerprint density at radius 2 is 2.08 bits per heavy atom. The van der Waals surface area contributed by atoms with Crippen LogP contribution in [-0.2, 0) is 4.79 Å². The van der Waals surface area contributed by atoms with Crippen molar-refractivity contribution in [2.45, 2.75) is 44.1 Å². The van der Waals surface area contributed by atoms with Crippen LogP contribution in [-0.4, -0.2) is 16.5 Å². The lowest BCUT2D eigenvalue weighted by molar-refractivity contribution is -0.117. The molecule has 1 N–H and O–H groups in total. The second-order valence-electron chi connectivity index (χ2n) is 3.87. The van der Waals surface area contributed by atoms with E-state index in [1.165, 1.54) is 0 Å². The zero-order chi connectivity index (χ0) is 8.60. The number of aliphatic hydroxyl groups is 1. The minimum atomic E-state index is -0.605. The molecule has 2 nitrogen and oxygen atoms in total. The molecule has 0 spiro atoms. The lowest BCUT2D eigenvalue weighted by Gasteiger charge is -2.37. The van der Waals surface area contributed by atoms with Crippen LogP contribution in [0.3, 0.4) is 0 Å². The molecule has 66 valence electrons. The molecule has 0 aromatic heterocycles. The first-order valence-electron chi connectivity index (χ1n) is 4.67. The van der Waals surface area contributed by atoms with Gasteiger partial charge in [-0.25, -0.2) is 0 Å². The first kappa shape index (κ1) is 7.99. The summed E-state index contributed by atoms with van der Waals surface area (Å²) >= 11 is 0. The van der Waals surface area contributed by atoms with E-state index in [1.54, 1.807) is 6.08 Å². The number of rotatable bonds is 0. The molecule has 2 heteroatoms. The molecule has 1 saturated carbocycles. The summed E-state index contributed by atoms with van der Waals surface area (Å²) in [6.45, 7) is 0. The molecule has 0 aliphatic heterocycles. The lowest BCUT2D eigenvalue weighted by atomic mass is 9.74. The first-order chi connectivity index (χ1) is 5.71. The van der Waals surface area contributed by atoms with E-state index in [0.29, 0.717) is 12.8 Å². The van der Waals surface area contributed by atoms with Gasteiger partial charge in [-0.1, -0.05) is 0 Å². The Morgan fingerprint density at radius 1 is 1.25 bits per heavy atom. The van der Waals surface area contributed by atoms with Gasteiger partial charge >= 0.3 is 0 Å². The molecule has 0 amide bonds. The van der Waals surface area contributed by atoms with Crippen molar-refractivity contribution in [3.05, 3.63) is 11.6 Å². The van der Waals surface area contributed by atoms with Crippen molar-refractivity contribution in [3.63, 3.8) is 0 Å². The molecule has 1 fully saturated rings. The molecule has 0 bridgehead atoms. The number of allylic oxidation sites excluding steroid dienone is 1. The number of carbonyl (C=O) groups is 1. The molecule has 0 saturated heterocycles. The van der Waals surface area contributed by atoms with Crippen molar-refractivity contribution >= 4 is 5.78 Å². The molecule has 2 aliphatic carbocycles. The molecule has 1 atom stereocenters. The summed E-state index contributed by atoms with van der Waals surface area (Å²) in [7, 11) is 0. The number of hydrogen-bond acceptors (Lipinski definition) is 2. The van der Waals surface area contributed by atoms with Crippen molar-refractivity contribution in [1.82, 2.24) is 0 Å². The third kappa shape index (κ3) is 1.20. The molecule has 0 aromatic rings. The van der Waals surface area contributed by atoms with E-state index in [9.17, 15) is 9.90 Å². The fourth-order valence-electron chi connectivity index (χ4n) is 2.21. The molecule has 0 heterocycles. The molecule has 12 heavy (non-hydrogen) atoms. The highest BCUT2D eigenvalue weighted by atomic mass is 16.3. The van der Waals surface area contributed by atoms with Crippen LogP contribution in [0, 0.1) is 0 Å². The maximum atomic E-state index is 11.1. The lowest BCUT2D eigenvalue weighted by Crippen LogP contribution is -2.37. The summed E-state index contributed by atoms with van der Waals surface area (Å²) in [5.41, 5.74) is 0.386. The Kier molecular flexibility index (Phi) is 1.80. The number of carbonyl (C=O) groups excluding carboxylic acids is 1. The highest BCUT2D eigenvalue weighted by Gasteiger charge is 2.36. The van der Waals surface area contributed by atoms with Crippen molar-refractivity contribution in [3.8, 4) is 0 Å². The molecule has 0 radical (unpaired) electrons. The summed E-state index contributed by atoms with van der Waals surface area (Å²) < 4.78 is 0. The molecule has 2 aliphatic rings. The van der Waals surface area contributed by atoms with E-state index in [0.717, 1.165) is 31.3 Å². The third-order valence-electron chi connectivity index (χ3n) is 3.00. The van der Waals surface area contributed by atoms with Gasteiger partial charge < -0.3 is 5.11 Å². The van der Waals surface area contributed by atoms with Crippen molar-refractivity contribution in [2.24, 2.45) is 0 Å². The van der Waals surface area contributed by atoms with Gasteiger partial charge in [-0.3, -0.25) is 4.79 Å². The van der Waals surface area contributed by atoms with Crippen LogP contribution in [0.5, 0.6) is 0 Å². The SMILES string of the molecule is O=C1C=C2CCCC[C@@]2(O)CC1. The largest absolute Gasteiger partial charge is 0.385 e. The van der Waals surface area contributed by atoms with E-state index in [4.69, 9.17) is 0 Å².